The van der Waals surface area contributed by atoms with Gasteiger partial charge in [0.25, 0.3) is 0 Å². The van der Waals surface area contributed by atoms with Crippen molar-refractivity contribution >= 4 is 11.4 Å². The molecule has 0 saturated carbocycles. The third kappa shape index (κ3) is 2.78. The van der Waals surface area contributed by atoms with E-state index >= 15 is 0 Å². The number of likely N-dealkylation sites (N-methyl/N-ethyl adjacent to an activating group) is 1. The summed E-state index contributed by atoms with van der Waals surface area (Å²) < 4.78 is 0. The molecule has 0 aromatic heterocycles. The van der Waals surface area contributed by atoms with Gasteiger partial charge in [-0.25, -0.2) is 0 Å². The number of hydrogen-bond acceptors (Lipinski definition) is 3. The Labute approximate surface area is 111 Å². The number of fused-ring (bicyclic) bond motifs is 1. The van der Waals surface area contributed by atoms with Gasteiger partial charge in [0.05, 0.1) is 11.4 Å². The molecule has 18 heavy (non-hydrogen) atoms. The third-order valence-corrected chi connectivity index (χ3v) is 4.06. The van der Waals surface area contributed by atoms with Crippen molar-refractivity contribution in [2.24, 2.45) is 11.7 Å². The van der Waals surface area contributed by atoms with Gasteiger partial charge in [-0.3, -0.25) is 0 Å². The molecule has 3 heteroatoms. The van der Waals surface area contributed by atoms with Crippen LogP contribution in [0, 0.1) is 5.92 Å². The zero-order valence-electron chi connectivity index (χ0n) is 11.6. The molecule has 1 unspecified atom stereocenters. The minimum absolute atomic E-state index is 0.664. The summed E-state index contributed by atoms with van der Waals surface area (Å²) in [6, 6.07) is 8.69. The van der Waals surface area contributed by atoms with E-state index in [-0.39, 0.29) is 0 Å². The molecule has 0 aliphatic carbocycles. The monoisotopic (exact) mass is 247 g/mol. The van der Waals surface area contributed by atoms with Crippen LogP contribution in [0.4, 0.5) is 11.4 Å². The van der Waals surface area contributed by atoms with E-state index in [1.165, 1.54) is 24.2 Å². The van der Waals surface area contributed by atoms with E-state index in [2.05, 4.69) is 48.0 Å². The first-order valence-electron chi connectivity index (χ1n) is 7.01. The molecule has 3 nitrogen and oxygen atoms in total. The molecule has 0 amide bonds. The Bertz CT molecular complexity index is 374. The van der Waals surface area contributed by atoms with Crippen LogP contribution in [0.5, 0.6) is 0 Å². The summed E-state index contributed by atoms with van der Waals surface area (Å²) in [7, 11) is 2.17. The zero-order chi connectivity index (χ0) is 13.0. The minimum Gasteiger partial charge on any atom is -0.371 e. The smallest absolute Gasteiger partial charge is 0.0604 e. The van der Waals surface area contributed by atoms with Crippen molar-refractivity contribution in [3.05, 3.63) is 24.3 Å². The molecule has 0 bridgehead atoms. The van der Waals surface area contributed by atoms with Crippen LogP contribution < -0.4 is 15.5 Å². The number of nitrogens with two attached hydrogens (primary N) is 1. The van der Waals surface area contributed by atoms with Crippen molar-refractivity contribution in [2.45, 2.75) is 19.8 Å². The summed E-state index contributed by atoms with van der Waals surface area (Å²) >= 11 is 0. The van der Waals surface area contributed by atoms with Crippen molar-refractivity contribution in [2.75, 3.05) is 43.0 Å². The van der Waals surface area contributed by atoms with E-state index in [1.54, 1.807) is 0 Å². The lowest BCUT2D eigenvalue weighted by Gasteiger charge is -2.37. The topological polar surface area (TPSA) is 32.5 Å². The van der Waals surface area contributed by atoms with Crippen LogP contribution in [0.1, 0.15) is 19.8 Å². The standard InChI is InChI=1S/C15H25N3/c1-3-13(12-16)8-9-18-11-10-17(2)14-6-4-5-7-15(14)18/h4-7,13H,3,8-12,16H2,1-2H3. The van der Waals surface area contributed by atoms with Gasteiger partial charge >= 0.3 is 0 Å². The second kappa shape index (κ2) is 6.10. The summed E-state index contributed by atoms with van der Waals surface area (Å²) in [5.74, 6) is 0.664. The summed E-state index contributed by atoms with van der Waals surface area (Å²) in [6.07, 6.45) is 2.39. The van der Waals surface area contributed by atoms with Crippen molar-refractivity contribution in [1.29, 1.82) is 0 Å². The zero-order valence-corrected chi connectivity index (χ0v) is 11.6. The first kappa shape index (κ1) is 13.2. The van der Waals surface area contributed by atoms with Crippen molar-refractivity contribution < 1.29 is 0 Å². The number of benzene rings is 1. The Morgan fingerprint density at radius 3 is 2.61 bits per heavy atom. The number of rotatable bonds is 5. The first-order valence-corrected chi connectivity index (χ1v) is 7.01. The molecule has 1 aromatic rings. The van der Waals surface area contributed by atoms with Gasteiger partial charge in [-0.1, -0.05) is 25.5 Å². The Hall–Kier alpha value is -1.22. The van der Waals surface area contributed by atoms with Gasteiger partial charge in [-0.15, -0.1) is 0 Å². The number of anilines is 2. The molecule has 0 fully saturated rings. The molecule has 0 saturated heterocycles. The molecule has 1 aromatic carbocycles. The van der Waals surface area contributed by atoms with Gasteiger partial charge in [0.15, 0.2) is 0 Å². The van der Waals surface area contributed by atoms with Gasteiger partial charge in [-0.2, -0.15) is 0 Å². The van der Waals surface area contributed by atoms with Gasteiger partial charge < -0.3 is 15.5 Å². The fourth-order valence-electron chi connectivity index (χ4n) is 2.63. The van der Waals surface area contributed by atoms with Crippen LogP contribution in [0.15, 0.2) is 24.3 Å². The lowest BCUT2D eigenvalue weighted by molar-refractivity contribution is 0.477. The molecule has 1 aliphatic rings. The average molecular weight is 247 g/mol. The molecule has 1 aliphatic heterocycles. The Morgan fingerprint density at radius 2 is 1.94 bits per heavy atom. The molecule has 0 radical (unpaired) electrons. The van der Waals surface area contributed by atoms with Crippen LogP contribution in [-0.4, -0.2) is 33.2 Å². The fourth-order valence-corrected chi connectivity index (χ4v) is 2.63. The summed E-state index contributed by atoms with van der Waals surface area (Å²) in [5.41, 5.74) is 8.51. The molecule has 1 atom stereocenters. The van der Waals surface area contributed by atoms with Gasteiger partial charge in [0.2, 0.25) is 0 Å². The number of hydrogen-bond donors (Lipinski definition) is 1. The highest BCUT2D eigenvalue weighted by Crippen LogP contribution is 2.31. The summed E-state index contributed by atoms with van der Waals surface area (Å²) in [4.78, 5) is 4.85. The van der Waals surface area contributed by atoms with E-state index in [0.29, 0.717) is 5.92 Å². The molecule has 1 heterocycles. The van der Waals surface area contributed by atoms with Crippen LogP contribution in [-0.2, 0) is 0 Å². The van der Waals surface area contributed by atoms with Crippen molar-refractivity contribution in [3.8, 4) is 0 Å². The van der Waals surface area contributed by atoms with Crippen LogP contribution in [0.3, 0.4) is 0 Å². The molecule has 2 N–H and O–H groups in total. The second-order valence-corrected chi connectivity index (χ2v) is 5.20. The predicted octanol–water partition coefficient (Wildman–Crippen LogP) is 2.32. The molecular weight excluding hydrogens is 222 g/mol. The Morgan fingerprint density at radius 1 is 1.22 bits per heavy atom. The van der Waals surface area contributed by atoms with E-state index in [0.717, 1.165) is 26.2 Å². The van der Waals surface area contributed by atoms with Crippen molar-refractivity contribution in [3.63, 3.8) is 0 Å². The molecule has 2 rings (SSSR count). The van der Waals surface area contributed by atoms with Gasteiger partial charge in [0, 0.05) is 26.7 Å². The maximum absolute atomic E-state index is 5.79. The maximum Gasteiger partial charge on any atom is 0.0604 e. The maximum atomic E-state index is 5.79. The number of para-hydroxylation sites is 2. The highest BCUT2D eigenvalue weighted by atomic mass is 15.2. The SMILES string of the molecule is CCC(CN)CCN1CCN(C)c2ccccc21. The average Bonchev–Trinajstić information content (AvgIpc) is 2.42. The lowest BCUT2D eigenvalue weighted by Crippen LogP contribution is -2.40. The van der Waals surface area contributed by atoms with Crippen LogP contribution >= 0.6 is 0 Å². The van der Waals surface area contributed by atoms with Crippen molar-refractivity contribution in [1.82, 2.24) is 0 Å². The van der Waals surface area contributed by atoms with E-state index in [9.17, 15) is 0 Å². The van der Waals surface area contributed by atoms with E-state index < -0.39 is 0 Å². The van der Waals surface area contributed by atoms with Crippen LogP contribution in [0.2, 0.25) is 0 Å². The Balaban J connectivity index is 2.05. The van der Waals surface area contributed by atoms with Crippen LogP contribution in [0.25, 0.3) is 0 Å². The lowest BCUT2D eigenvalue weighted by atomic mass is 10.0. The molecular formula is C15H25N3. The van der Waals surface area contributed by atoms with Gasteiger partial charge in [0.1, 0.15) is 0 Å². The van der Waals surface area contributed by atoms with E-state index in [1.807, 2.05) is 0 Å². The largest absolute Gasteiger partial charge is 0.371 e. The highest BCUT2D eigenvalue weighted by molar-refractivity contribution is 5.72. The highest BCUT2D eigenvalue weighted by Gasteiger charge is 2.19. The third-order valence-electron chi connectivity index (χ3n) is 4.06. The predicted molar refractivity (Wildman–Crippen MR) is 79.4 cm³/mol. The first-order chi connectivity index (χ1) is 8.76. The normalized spacial score (nSPS) is 16.6. The quantitative estimate of drug-likeness (QED) is 0.866. The number of nitrogens with zero attached hydrogens (tertiary/aromatic N) is 2. The fraction of sp³-hybridized carbons (Fsp3) is 0.600. The molecule has 0 spiro atoms. The van der Waals surface area contributed by atoms with E-state index in [4.69, 9.17) is 5.73 Å². The molecule has 100 valence electrons. The summed E-state index contributed by atoms with van der Waals surface area (Å²) in [5, 5.41) is 0. The van der Waals surface area contributed by atoms with Gasteiger partial charge in [-0.05, 0) is 31.0 Å². The summed E-state index contributed by atoms with van der Waals surface area (Å²) in [6.45, 7) is 6.40. The minimum atomic E-state index is 0.664. The Kier molecular flexibility index (Phi) is 4.48. The second-order valence-electron chi connectivity index (χ2n) is 5.20.